The van der Waals surface area contributed by atoms with Gasteiger partial charge in [-0.2, -0.15) is 0 Å². The standard InChI is InChI=1S/C29H20N2O4S/c32-26(21-11-5-15-35-21)24-25(27(33)22-12-6-16-36-22)31-20-10-4-1-7-17(20)13-14-23(31)29(24)18-8-2-3-9-19(18)30-28(29)34/h1-16,23-25H,(H,30,34)/t23-,24+,25-,29-/m0/s1. The molecule has 6 nitrogen and oxygen atoms in total. The molecule has 0 aliphatic carbocycles. The summed E-state index contributed by atoms with van der Waals surface area (Å²) in [6.07, 6.45) is 5.39. The second-order valence-electron chi connectivity index (χ2n) is 9.24. The molecule has 2 aromatic heterocycles. The molecule has 5 heterocycles. The number of fused-ring (bicyclic) bond motifs is 6. The van der Waals surface area contributed by atoms with E-state index in [1.165, 1.54) is 17.6 Å². The number of hydrogen-bond donors (Lipinski definition) is 1. The summed E-state index contributed by atoms with van der Waals surface area (Å²) in [6, 6.07) is 20.6. The van der Waals surface area contributed by atoms with Crippen molar-refractivity contribution in [3.63, 3.8) is 0 Å². The molecule has 0 bridgehead atoms. The summed E-state index contributed by atoms with van der Waals surface area (Å²) < 4.78 is 5.55. The summed E-state index contributed by atoms with van der Waals surface area (Å²) in [4.78, 5) is 45.2. The van der Waals surface area contributed by atoms with Crippen LogP contribution in [-0.2, 0) is 10.2 Å². The number of nitrogens with zero attached hydrogens (tertiary/aromatic N) is 1. The number of benzene rings is 2. The number of carbonyl (C=O) groups excluding carboxylic acids is 3. The van der Waals surface area contributed by atoms with Gasteiger partial charge >= 0.3 is 0 Å². The van der Waals surface area contributed by atoms with Gasteiger partial charge in [0.1, 0.15) is 11.5 Å². The number of ketones is 2. The predicted molar refractivity (Wildman–Crippen MR) is 137 cm³/mol. The van der Waals surface area contributed by atoms with Crippen molar-refractivity contribution in [3.05, 3.63) is 112 Å². The lowest BCUT2D eigenvalue weighted by Gasteiger charge is -2.37. The Bertz CT molecular complexity index is 1560. The zero-order valence-electron chi connectivity index (χ0n) is 19.0. The van der Waals surface area contributed by atoms with Crippen LogP contribution in [0.5, 0.6) is 0 Å². The number of hydrogen-bond acceptors (Lipinski definition) is 6. The van der Waals surface area contributed by atoms with Gasteiger partial charge in [-0.15, -0.1) is 11.3 Å². The number of furan rings is 1. The number of amides is 1. The van der Waals surface area contributed by atoms with E-state index in [0.717, 1.165) is 16.8 Å². The lowest BCUT2D eigenvalue weighted by molar-refractivity contribution is -0.121. The quantitative estimate of drug-likeness (QED) is 0.396. The number of para-hydroxylation sites is 2. The molecule has 0 unspecified atom stereocenters. The van der Waals surface area contributed by atoms with Crippen LogP contribution < -0.4 is 10.2 Å². The van der Waals surface area contributed by atoms with E-state index in [1.54, 1.807) is 18.2 Å². The minimum atomic E-state index is -1.32. The number of nitrogens with one attached hydrogen (secondary N) is 1. The van der Waals surface area contributed by atoms with Crippen LogP contribution in [0.2, 0.25) is 0 Å². The zero-order chi connectivity index (χ0) is 24.4. The molecule has 3 aliphatic rings. The second kappa shape index (κ2) is 7.63. The van der Waals surface area contributed by atoms with Gasteiger partial charge in [0.2, 0.25) is 11.7 Å². The van der Waals surface area contributed by atoms with Gasteiger partial charge in [0, 0.05) is 11.4 Å². The molecule has 4 aromatic rings. The van der Waals surface area contributed by atoms with Crippen molar-refractivity contribution >= 4 is 46.3 Å². The molecular formula is C29H20N2O4S. The summed E-state index contributed by atoms with van der Waals surface area (Å²) in [5.74, 6) is -1.70. The maximum atomic E-state index is 14.3. The molecule has 1 saturated heterocycles. The monoisotopic (exact) mass is 492 g/mol. The first-order chi connectivity index (χ1) is 17.6. The largest absolute Gasteiger partial charge is 0.461 e. The number of Topliss-reactive ketones (excluding diaryl/α,β-unsaturated/α-hetero) is 2. The summed E-state index contributed by atoms with van der Waals surface area (Å²) in [7, 11) is 0. The van der Waals surface area contributed by atoms with Gasteiger partial charge in [0.25, 0.3) is 0 Å². The first-order valence-corrected chi connectivity index (χ1v) is 12.6. The topological polar surface area (TPSA) is 79.6 Å². The number of anilines is 2. The Morgan fingerprint density at radius 2 is 1.78 bits per heavy atom. The van der Waals surface area contributed by atoms with Crippen LogP contribution in [0, 0.1) is 5.92 Å². The number of rotatable bonds is 4. The van der Waals surface area contributed by atoms with E-state index >= 15 is 0 Å². The summed E-state index contributed by atoms with van der Waals surface area (Å²) >= 11 is 1.34. The molecule has 1 spiro atoms. The van der Waals surface area contributed by atoms with Gasteiger partial charge in [-0.1, -0.05) is 54.6 Å². The van der Waals surface area contributed by atoms with Crippen LogP contribution in [0.1, 0.15) is 31.4 Å². The molecule has 3 aliphatic heterocycles. The third-order valence-corrected chi connectivity index (χ3v) is 8.51. The van der Waals surface area contributed by atoms with Crippen LogP contribution >= 0.6 is 11.3 Å². The average Bonchev–Trinajstić information content (AvgIpc) is 3.70. The van der Waals surface area contributed by atoms with Gasteiger partial charge in [0.05, 0.1) is 23.1 Å². The molecule has 7 heteroatoms. The van der Waals surface area contributed by atoms with Crippen molar-refractivity contribution in [2.45, 2.75) is 17.5 Å². The Morgan fingerprint density at radius 3 is 2.58 bits per heavy atom. The minimum absolute atomic E-state index is 0.137. The number of thiophene rings is 1. The Kier molecular flexibility index (Phi) is 4.47. The normalized spacial score (nSPS) is 25.4. The molecule has 1 fully saturated rings. The van der Waals surface area contributed by atoms with Crippen molar-refractivity contribution in [3.8, 4) is 0 Å². The maximum Gasteiger partial charge on any atom is 0.238 e. The van der Waals surface area contributed by atoms with Crippen LogP contribution in [0.15, 0.2) is 94.9 Å². The van der Waals surface area contributed by atoms with Crippen LogP contribution in [-0.4, -0.2) is 29.6 Å². The van der Waals surface area contributed by atoms with Gasteiger partial charge in [0.15, 0.2) is 11.5 Å². The van der Waals surface area contributed by atoms with Gasteiger partial charge in [-0.25, -0.2) is 0 Å². The summed E-state index contributed by atoms with van der Waals surface area (Å²) in [5.41, 5.74) is 1.83. The fourth-order valence-electron chi connectivity index (χ4n) is 6.26. The van der Waals surface area contributed by atoms with Gasteiger partial charge in [-0.3, -0.25) is 14.4 Å². The molecule has 0 radical (unpaired) electrons. The zero-order valence-corrected chi connectivity index (χ0v) is 19.8. The molecule has 7 rings (SSSR count). The van der Waals surface area contributed by atoms with Crippen molar-refractivity contribution in [2.75, 3.05) is 10.2 Å². The highest BCUT2D eigenvalue weighted by atomic mass is 32.1. The lowest BCUT2D eigenvalue weighted by atomic mass is 9.64. The van der Waals surface area contributed by atoms with E-state index in [-0.39, 0.29) is 23.2 Å². The SMILES string of the molecule is O=C(c1cccs1)[C@@H]1[C@H](C(=O)c2ccco2)[C@@]2(C(=O)Nc3ccccc32)[C@@H]2C=Cc3ccccc3N12. The molecule has 2 aromatic carbocycles. The van der Waals surface area contributed by atoms with Crippen LogP contribution in [0.25, 0.3) is 6.08 Å². The van der Waals surface area contributed by atoms with E-state index in [0.29, 0.717) is 10.6 Å². The van der Waals surface area contributed by atoms with Gasteiger partial charge in [-0.05, 0) is 46.8 Å². The Balaban J connectivity index is 1.55. The first kappa shape index (κ1) is 21.1. The van der Waals surface area contributed by atoms with E-state index in [2.05, 4.69) is 5.32 Å². The van der Waals surface area contributed by atoms with Gasteiger partial charge < -0.3 is 14.6 Å². The third-order valence-electron chi connectivity index (χ3n) is 7.62. The fourth-order valence-corrected chi connectivity index (χ4v) is 6.95. The molecule has 1 N–H and O–H groups in total. The second-order valence-corrected chi connectivity index (χ2v) is 10.2. The van der Waals surface area contributed by atoms with E-state index < -0.39 is 23.4 Å². The smallest absolute Gasteiger partial charge is 0.238 e. The van der Waals surface area contributed by atoms with E-state index in [4.69, 9.17) is 4.42 Å². The van der Waals surface area contributed by atoms with Crippen LogP contribution in [0.3, 0.4) is 0 Å². The molecule has 4 atom stereocenters. The molecule has 36 heavy (non-hydrogen) atoms. The van der Waals surface area contributed by atoms with Crippen molar-refractivity contribution in [1.29, 1.82) is 0 Å². The highest BCUT2D eigenvalue weighted by Crippen LogP contribution is 2.58. The average molecular weight is 493 g/mol. The summed E-state index contributed by atoms with van der Waals surface area (Å²) in [6.45, 7) is 0. The fraction of sp³-hybridized carbons (Fsp3) is 0.138. The molecule has 176 valence electrons. The first-order valence-electron chi connectivity index (χ1n) is 11.7. The highest BCUT2D eigenvalue weighted by Gasteiger charge is 2.70. The maximum absolute atomic E-state index is 14.3. The minimum Gasteiger partial charge on any atom is -0.461 e. The lowest BCUT2D eigenvalue weighted by Crippen LogP contribution is -2.51. The Labute approximate surface area is 210 Å². The molecule has 1 amide bonds. The molecule has 0 saturated carbocycles. The number of carbonyl (C=O) groups is 3. The highest BCUT2D eigenvalue weighted by molar-refractivity contribution is 7.12. The van der Waals surface area contributed by atoms with E-state index in [9.17, 15) is 14.4 Å². The third kappa shape index (κ3) is 2.63. The van der Waals surface area contributed by atoms with Crippen LogP contribution in [0.4, 0.5) is 11.4 Å². The molecular weight excluding hydrogens is 472 g/mol. The Morgan fingerprint density at radius 1 is 0.944 bits per heavy atom. The van der Waals surface area contributed by atoms with E-state index in [1.807, 2.05) is 77.0 Å². The van der Waals surface area contributed by atoms with Crippen molar-refractivity contribution in [1.82, 2.24) is 0 Å². The predicted octanol–water partition coefficient (Wildman–Crippen LogP) is 5.20. The Hall–Kier alpha value is -4.23. The van der Waals surface area contributed by atoms with Crippen molar-refractivity contribution in [2.24, 2.45) is 5.92 Å². The van der Waals surface area contributed by atoms with Crippen molar-refractivity contribution < 1.29 is 18.8 Å². The summed E-state index contributed by atoms with van der Waals surface area (Å²) in [5, 5.41) is 4.87.